The Morgan fingerprint density at radius 1 is 1.00 bits per heavy atom. The summed E-state index contributed by atoms with van der Waals surface area (Å²) in [5.74, 6) is 0.947. The molecule has 1 aromatic heterocycles. The summed E-state index contributed by atoms with van der Waals surface area (Å²) in [6.45, 7) is 4.07. The maximum Gasteiger partial charge on any atom is 0.159 e. The van der Waals surface area contributed by atoms with Gasteiger partial charge in [0.05, 0.1) is 0 Å². The molecule has 94 valence electrons. The van der Waals surface area contributed by atoms with Gasteiger partial charge in [0.15, 0.2) is 11.0 Å². The third-order valence-electron chi connectivity index (χ3n) is 3.43. The Morgan fingerprint density at radius 2 is 1.67 bits per heavy atom. The standard InChI is InChI=1S/C13H15ClN4/c1-17-6-8-18(9-7-17)13-11-5-3-2-4-10(11)12(14)15-16-13/h2-5H,6-9H2,1H3. The maximum absolute atomic E-state index is 6.09. The van der Waals surface area contributed by atoms with Crippen LogP contribution in [0, 0.1) is 0 Å². The van der Waals surface area contributed by atoms with Gasteiger partial charge < -0.3 is 9.80 Å². The first-order valence-electron chi connectivity index (χ1n) is 6.10. The van der Waals surface area contributed by atoms with Crippen LogP contribution in [0.5, 0.6) is 0 Å². The maximum atomic E-state index is 6.09. The lowest BCUT2D eigenvalue weighted by Crippen LogP contribution is -2.45. The quantitative estimate of drug-likeness (QED) is 0.787. The highest BCUT2D eigenvalue weighted by atomic mass is 35.5. The van der Waals surface area contributed by atoms with Crippen molar-refractivity contribution in [3.05, 3.63) is 29.4 Å². The van der Waals surface area contributed by atoms with E-state index < -0.39 is 0 Å². The molecule has 5 heteroatoms. The molecule has 18 heavy (non-hydrogen) atoms. The van der Waals surface area contributed by atoms with Gasteiger partial charge in [-0.2, -0.15) is 0 Å². The van der Waals surface area contributed by atoms with Crippen molar-refractivity contribution >= 4 is 28.2 Å². The van der Waals surface area contributed by atoms with Gasteiger partial charge in [0, 0.05) is 37.0 Å². The summed E-state index contributed by atoms with van der Waals surface area (Å²) in [6.07, 6.45) is 0. The molecule has 0 radical (unpaired) electrons. The molecule has 1 fully saturated rings. The fraction of sp³-hybridized carbons (Fsp3) is 0.385. The molecule has 1 saturated heterocycles. The average Bonchev–Trinajstić information content (AvgIpc) is 2.41. The molecule has 1 aliphatic rings. The Morgan fingerprint density at radius 3 is 2.39 bits per heavy atom. The van der Waals surface area contributed by atoms with Gasteiger partial charge in [-0.25, -0.2) is 0 Å². The summed E-state index contributed by atoms with van der Waals surface area (Å²) in [5, 5.41) is 10.9. The van der Waals surface area contributed by atoms with Crippen LogP contribution >= 0.6 is 11.6 Å². The van der Waals surface area contributed by atoms with Crippen LogP contribution in [0.3, 0.4) is 0 Å². The average molecular weight is 263 g/mol. The van der Waals surface area contributed by atoms with Crippen LogP contribution in [0.15, 0.2) is 24.3 Å². The summed E-state index contributed by atoms with van der Waals surface area (Å²) in [5.41, 5.74) is 0. The summed E-state index contributed by atoms with van der Waals surface area (Å²) in [4.78, 5) is 4.60. The number of benzene rings is 1. The Balaban J connectivity index is 2.04. The summed E-state index contributed by atoms with van der Waals surface area (Å²) in [7, 11) is 2.14. The number of fused-ring (bicyclic) bond motifs is 1. The molecule has 2 heterocycles. The molecule has 0 saturated carbocycles. The number of hydrogen-bond acceptors (Lipinski definition) is 4. The number of rotatable bonds is 1. The minimum atomic E-state index is 0.475. The lowest BCUT2D eigenvalue weighted by atomic mass is 10.1. The fourth-order valence-corrected chi connectivity index (χ4v) is 2.51. The van der Waals surface area contributed by atoms with Crippen LogP contribution in [0.2, 0.25) is 5.15 Å². The van der Waals surface area contributed by atoms with E-state index in [4.69, 9.17) is 11.6 Å². The summed E-state index contributed by atoms with van der Waals surface area (Å²) >= 11 is 6.09. The minimum absolute atomic E-state index is 0.475. The molecule has 2 aromatic rings. The van der Waals surface area contributed by atoms with E-state index in [0.717, 1.165) is 42.8 Å². The largest absolute Gasteiger partial charge is 0.352 e. The number of likely N-dealkylation sites (N-methyl/N-ethyl adjacent to an activating group) is 1. The van der Waals surface area contributed by atoms with E-state index in [9.17, 15) is 0 Å². The Hall–Kier alpha value is -1.39. The van der Waals surface area contributed by atoms with Crippen LogP contribution in [0.4, 0.5) is 5.82 Å². The molecule has 0 atom stereocenters. The van der Waals surface area contributed by atoms with Crippen LogP contribution in [-0.4, -0.2) is 48.3 Å². The highest BCUT2D eigenvalue weighted by molar-refractivity contribution is 6.34. The Labute approximate surface area is 111 Å². The predicted octanol–water partition coefficient (Wildman–Crippen LogP) is 2.03. The molecule has 0 aliphatic carbocycles. The Bertz CT molecular complexity index is 564. The van der Waals surface area contributed by atoms with Gasteiger partial charge in [-0.05, 0) is 7.05 Å². The zero-order valence-electron chi connectivity index (χ0n) is 10.3. The van der Waals surface area contributed by atoms with E-state index >= 15 is 0 Å². The molecular weight excluding hydrogens is 248 g/mol. The van der Waals surface area contributed by atoms with Gasteiger partial charge in [-0.3, -0.25) is 0 Å². The van der Waals surface area contributed by atoms with Crippen LogP contribution in [0.25, 0.3) is 10.8 Å². The lowest BCUT2D eigenvalue weighted by Gasteiger charge is -2.33. The van der Waals surface area contributed by atoms with Crippen molar-refractivity contribution in [3.8, 4) is 0 Å². The normalized spacial score (nSPS) is 17.3. The summed E-state index contributed by atoms with van der Waals surface area (Å²) < 4.78 is 0. The van der Waals surface area contributed by atoms with Crippen molar-refractivity contribution in [3.63, 3.8) is 0 Å². The van der Waals surface area contributed by atoms with Crippen molar-refractivity contribution in [1.29, 1.82) is 0 Å². The highest BCUT2D eigenvalue weighted by Crippen LogP contribution is 2.28. The first-order valence-corrected chi connectivity index (χ1v) is 6.48. The van der Waals surface area contributed by atoms with E-state index in [0.29, 0.717) is 5.15 Å². The second-order valence-corrected chi connectivity index (χ2v) is 5.01. The molecular formula is C13H15ClN4. The highest BCUT2D eigenvalue weighted by Gasteiger charge is 2.18. The van der Waals surface area contributed by atoms with Crippen molar-refractivity contribution in [2.75, 3.05) is 38.1 Å². The summed E-state index contributed by atoms with van der Waals surface area (Å²) in [6, 6.07) is 8.04. The van der Waals surface area contributed by atoms with Gasteiger partial charge in [0.25, 0.3) is 0 Å². The topological polar surface area (TPSA) is 32.3 Å². The molecule has 1 aliphatic heterocycles. The van der Waals surface area contributed by atoms with Crippen molar-refractivity contribution < 1.29 is 0 Å². The third kappa shape index (κ3) is 2.02. The van der Waals surface area contributed by atoms with Crippen LogP contribution in [0.1, 0.15) is 0 Å². The number of hydrogen-bond donors (Lipinski definition) is 0. The second-order valence-electron chi connectivity index (χ2n) is 4.65. The predicted molar refractivity (Wildman–Crippen MR) is 74.3 cm³/mol. The smallest absolute Gasteiger partial charge is 0.159 e. The Kier molecular flexibility index (Phi) is 3.06. The molecule has 4 nitrogen and oxygen atoms in total. The lowest BCUT2D eigenvalue weighted by molar-refractivity contribution is 0.312. The molecule has 0 spiro atoms. The monoisotopic (exact) mass is 262 g/mol. The van der Waals surface area contributed by atoms with E-state index in [2.05, 4.69) is 33.1 Å². The molecule has 0 amide bonds. The van der Waals surface area contributed by atoms with E-state index in [-0.39, 0.29) is 0 Å². The zero-order chi connectivity index (χ0) is 12.5. The first kappa shape index (κ1) is 11.7. The van der Waals surface area contributed by atoms with Crippen LogP contribution in [-0.2, 0) is 0 Å². The number of aromatic nitrogens is 2. The minimum Gasteiger partial charge on any atom is -0.352 e. The zero-order valence-corrected chi connectivity index (χ0v) is 11.1. The molecule has 1 aromatic carbocycles. The van der Waals surface area contributed by atoms with Gasteiger partial charge in [-0.15, -0.1) is 10.2 Å². The fourth-order valence-electron chi connectivity index (χ4n) is 2.31. The first-order chi connectivity index (χ1) is 8.75. The third-order valence-corrected chi connectivity index (χ3v) is 3.70. The van der Waals surface area contributed by atoms with Gasteiger partial charge in [0.2, 0.25) is 0 Å². The number of anilines is 1. The second kappa shape index (κ2) is 4.71. The number of halogens is 1. The SMILES string of the molecule is CN1CCN(c2nnc(Cl)c3ccccc23)CC1. The van der Waals surface area contributed by atoms with E-state index in [1.54, 1.807) is 0 Å². The molecule has 0 N–H and O–H groups in total. The van der Waals surface area contributed by atoms with Crippen molar-refractivity contribution in [2.24, 2.45) is 0 Å². The van der Waals surface area contributed by atoms with E-state index in [1.807, 2.05) is 18.2 Å². The van der Waals surface area contributed by atoms with Crippen molar-refractivity contribution in [2.45, 2.75) is 0 Å². The molecule has 3 rings (SSSR count). The number of piperazine rings is 1. The molecule has 0 bridgehead atoms. The van der Waals surface area contributed by atoms with Crippen LogP contribution < -0.4 is 4.90 Å². The van der Waals surface area contributed by atoms with Gasteiger partial charge >= 0.3 is 0 Å². The van der Waals surface area contributed by atoms with Gasteiger partial charge in [-0.1, -0.05) is 35.9 Å². The number of nitrogens with zero attached hydrogens (tertiary/aromatic N) is 4. The van der Waals surface area contributed by atoms with E-state index in [1.165, 1.54) is 0 Å². The van der Waals surface area contributed by atoms with Crippen molar-refractivity contribution in [1.82, 2.24) is 15.1 Å². The molecule has 0 unspecified atom stereocenters. The van der Waals surface area contributed by atoms with Gasteiger partial charge in [0.1, 0.15) is 0 Å².